The van der Waals surface area contributed by atoms with Crippen molar-refractivity contribution in [2.75, 3.05) is 52.5 Å². The Morgan fingerprint density at radius 1 is 0.660 bits per heavy atom. The van der Waals surface area contributed by atoms with Gasteiger partial charge >= 0.3 is 0 Å². The van der Waals surface area contributed by atoms with Crippen LogP contribution in [-0.2, 0) is 6.42 Å². The minimum absolute atomic E-state index is 0.309. The molecule has 7 rings (SSSR count). The van der Waals surface area contributed by atoms with Crippen molar-refractivity contribution in [2.24, 2.45) is 5.41 Å². The van der Waals surface area contributed by atoms with Crippen molar-refractivity contribution in [2.45, 2.75) is 77.0 Å². The Bertz CT molecular complexity index is 1560. The van der Waals surface area contributed by atoms with Gasteiger partial charge in [-0.2, -0.15) is 0 Å². The third kappa shape index (κ3) is 8.33. The summed E-state index contributed by atoms with van der Waals surface area (Å²) in [7, 11) is 0. The van der Waals surface area contributed by atoms with Gasteiger partial charge in [0.05, 0.1) is 6.61 Å². The molecule has 2 aliphatic heterocycles. The second-order valence-electron chi connectivity index (χ2n) is 14.3. The first kappa shape index (κ1) is 32.5. The lowest BCUT2D eigenvalue weighted by Crippen LogP contribution is -2.41. The number of nitrogens with zero attached hydrogens (tertiary/aromatic N) is 2. The molecule has 4 aromatic rings. The first-order chi connectivity index (χ1) is 23.1. The predicted octanol–water partition coefficient (Wildman–Crippen LogP) is 9.54. The zero-order chi connectivity index (χ0) is 31.9. The fraction of sp³-hybridized carbons (Fsp3) is 0.512. The van der Waals surface area contributed by atoms with E-state index in [1.807, 2.05) is 6.07 Å². The number of likely N-dealkylation sites (tertiary alicyclic amines) is 2. The van der Waals surface area contributed by atoms with Gasteiger partial charge in [0.15, 0.2) is 0 Å². The van der Waals surface area contributed by atoms with E-state index >= 15 is 0 Å². The van der Waals surface area contributed by atoms with Crippen LogP contribution >= 0.6 is 11.3 Å². The lowest BCUT2D eigenvalue weighted by molar-refractivity contribution is 0.0653. The molecule has 1 spiro atoms. The fourth-order valence-corrected chi connectivity index (χ4v) is 9.42. The molecule has 0 bridgehead atoms. The topological polar surface area (TPSA) is 45.2 Å². The van der Waals surface area contributed by atoms with E-state index in [1.165, 1.54) is 117 Å². The third-order valence-electron chi connectivity index (χ3n) is 11.0. The van der Waals surface area contributed by atoms with Gasteiger partial charge in [-0.25, -0.2) is 0 Å². The number of rotatable bonds is 12. The number of hydrogen-bond donors (Lipinski definition) is 1. The van der Waals surface area contributed by atoms with Crippen LogP contribution in [0.2, 0.25) is 0 Å². The lowest BCUT2D eigenvalue weighted by Gasteiger charge is -2.44. The quantitative estimate of drug-likeness (QED) is 0.155. The standard InChI is InChI=1S/C41H52N2O3S/c44-34-12-17-37-38(40(47-39(37)31-34)33-10-15-36(16-11-33)46-29-27-42-22-5-2-6-23-42)30-32-8-13-35(14-9-32)45-28-7-24-43-25-20-41(21-26-43)18-3-1-4-19-41/h8-17,31,44H,1-7,18-30H2. The summed E-state index contributed by atoms with van der Waals surface area (Å²) >= 11 is 1.75. The number of benzene rings is 3. The van der Waals surface area contributed by atoms with E-state index in [9.17, 15) is 5.11 Å². The first-order valence-electron chi connectivity index (χ1n) is 18.3. The number of fused-ring (bicyclic) bond motifs is 1. The third-order valence-corrected chi connectivity index (χ3v) is 12.3. The van der Waals surface area contributed by atoms with E-state index in [-0.39, 0.29) is 0 Å². The molecule has 1 aliphatic carbocycles. The predicted molar refractivity (Wildman–Crippen MR) is 195 cm³/mol. The highest BCUT2D eigenvalue weighted by molar-refractivity contribution is 7.22. The van der Waals surface area contributed by atoms with Crippen molar-refractivity contribution in [3.8, 4) is 27.7 Å². The normalized spacial score (nSPS) is 18.9. The summed E-state index contributed by atoms with van der Waals surface area (Å²) in [4.78, 5) is 6.42. The van der Waals surface area contributed by atoms with Crippen LogP contribution in [0.4, 0.5) is 0 Å². The van der Waals surface area contributed by atoms with Crippen molar-refractivity contribution in [1.29, 1.82) is 0 Å². The molecular weight excluding hydrogens is 601 g/mol. The van der Waals surface area contributed by atoms with E-state index in [2.05, 4.69) is 64.4 Å². The van der Waals surface area contributed by atoms with Gasteiger partial charge in [-0.1, -0.05) is 37.8 Å². The van der Waals surface area contributed by atoms with E-state index in [0.717, 1.165) is 55.3 Å². The molecular formula is C41H52N2O3S. The number of ether oxygens (including phenoxy) is 2. The van der Waals surface area contributed by atoms with Gasteiger partial charge in [0.2, 0.25) is 0 Å². The molecule has 0 radical (unpaired) electrons. The zero-order valence-corrected chi connectivity index (χ0v) is 28.9. The average molecular weight is 653 g/mol. The maximum absolute atomic E-state index is 10.2. The van der Waals surface area contributed by atoms with Crippen LogP contribution in [0.1, 0.15) is 81.8 Å². The van der Waals surface area contributed by atoms with Crippen molar-refractivity contribution in [1.82, 2.24) is 9.80 Å². The molecule has 3 fully saturated rings. The second-order valence-corrected chi connectivity index (χ2v) is 15.3. The van der Waals surface area contributed by atoms with Gasteiger partial charge in [-0.15, -0.1) is 11.3 Å². The van der Waals surface area contributed by atoms with E-state index in [1.54, 1.807) is 17.4 Å². The highest BCUT2D eigenvalue weighted by Crippen LogP contribution is 2.45. The lowest BCUT2D eigenvalue weighted by atomic mass is 9.68. The van der Waals surface area contributed by atoms with E-state index in [0.29, 0.717) is 11.2 Å². The molecule has 3 aliphatic rings. The minimum atomic E-state index is 0.309. The van der Waals surface area contributed by atoms with Crippen LogP contribution in [0.25, 0.3) is 20.5 Å². The molecule has 1 saturated carbocycles. The molecule has 0 atom stereocenters. The van der Waals surface area contributed by atoms with Crippen molar-refractivity contribution in [3.05, 3.63) is 77.9 Å². The molecule has 2 saturated heterocycles. The second kappa shape index (κ2) is 15.4. The van der Waals surface area contributed by atoms with Crippen LogP contribution in [0, 0.1) is 5.41 Å². The molecule has 47 heavy (non-hydrogen) atoms. The smallest absolute Gasteiger partial charge is 0.119 e. The van der Waals surface area contributed by atoms with Crippen LogP contribution in [-0.4, -0.2) is 67.4 Å². The monoisotopic (exact) mass is 652 g/mol. The molecule has 3 aromatic carbocycles. The molecule has 0 unspecified atom stereocenters. The molecule has 3 heterocycles. The Balaban J connectivity index is 0.938. The van der Waals surface area contributed by atoms with E-state index < -0.39 is 0 Å². The maximum atomic E-state index is 10.2. The number of phenolic OH excluding ortho intramolecular Hbond substituents is 1. The van der Waals surface area contributed by atoms with Crippen molar-refractivity contribution >= 4 is 21.4 Å². The molecule has 6 heteroatoms. The highest BCUT2D eigenvalue weighted by atomic mass is 32.1. The van der Waals surface area contributed by atoms with Crippen LogP contribution in [0.15, 0.2) is 66.7 Å². The van der Waals surface area contributed by atoms with E-state index in [4.69, 9.17) is 9.47 Å². The van der Waals surface area contributed by atoms with Crippen LogP contribution < -0.4 is 9.47 Å². The molecule has 1 aromatic heterocycles. The number of hydrogen-bond acceptors (Lipinski definition) is 6. The van der Waals surface area contributed by atoms with Gasteiger partial charge in [-0.05, 0) is 160 Å². The Hall–Kier alpha value is -3.06. The summed E-state index contributed by atoms with van der Waals surface area (Å²) < 4.78 is 13.4. The van der Waals surface area contributed by atoms with Gasteiger partial charge in [-0.3, -0.25) is 4.90 Å². The summed E-state index contributed by atoms with van der Waals surface area (Å²) in [5.41, 5.74) is 4.42. The summed E-state index contributed by atoms with van der Waals surface area (Å²) in [5, 5.41) is 11.4. The van der Waals surface area contributed by atoms with Crippen LogP contribution in [0.5, 0.6) is 17.2 Å². The molecule has 0 amide bonds. The zero-order valence-electron chi connectivity index (χ0n) is 28.1. The van der Waals surface area contributed by atoms with Gasteiger partial charge in [0, 0.05) is 22.7 Å². The number of piperidine rings is 2. The largest absolute Gasteiger partial charge is 0.508 e. The van der Waals surface area contributed by atoms with Crippen molar-refractivity contribution < 1.29 is 14.6 Å². The Morgan fingerprint density at radius 2 is 1.32 bits per heavy atom. The van der Waals surface area contributed by atoms with Gasteiger partial charge in [0.25, 0.3) is 0 Å². The number of thiophene rings is 1. The summed E-state index contributed by atoms with van der Waals surface area (Å²) in [6, 6.07) is 23.0. The average Bonchev–Trinajstić information content (AvgIpc) is 3.46. The first-order valence-corrected chi connectivity index (χ1v) is 19.1. The Morgan fingerprint density at radius 3 is 2.06 bits per heavy atom. The molecule has 5 nitrogen and oxygen atoms in total. The van der Waals surface area contributed by atoms with Crippen LogP contribution in [0.3, 0.4) is 0 Å². The fourth-order valence-electron chi connectivity index (χ4n) is 8.16. The van der Waals surface area contributed by atoms with Gasteiger partial charge < -0.3 is 19.5 Å². The Labute approximate surface area is 285 Å². The number of aromatic hydroxyl groups is 1. The maximum Gasteiger partial charge on any atom is 0.119 e. The minimum Gasteiger partial charge on any atom is -0.508 e. The summed E-state index contributed by atoms with van der Waals surface area (Å²) in [6.07, 6.45) is 16.0. The summed E-state index contributed by atoms with van der Waals surface area (Å²) in [6.45, 7) is 8.56. The molecule has 1 N–H and O–H groups in total. The summed E-state index contributed by atoms with van der Waals surface area (Å²) in [5.74, 6) is 2.18. The number of phenols is 1. The Kier molecular flexibility index (Phi) is 10.7. The van der Waals surface area contributed by atoms with Gasteiger partial charge in [0.1, 0.15) is 23.9 Å². The van der Waals surface area contributed by atoms with Crippen molar-refractivity contribution in [3.63, 3.8) is 0 Å². The highest BCUT2D eigenvalue weighted by Gasteiger charge is 2.35. The molecule has 250 valence electrons. The SMILES string of the molecule is Oc1ccc2c(Cc3ccc(OCCCN4CCC5(CCCCC5)CC4)cc3)c(-c3ccc(OCCN4CCCCC4)cc3)sc2c1.